The molecule has 0 saturated heterocycles. The summed E-state index contributed by atoms with van der Waals surface area (Å²) in [6.07, 6.45) is 2.48. The van der Waals surface area contributed by atoms with E-state index in [4.69, 9.17) is 10.1 Å². The SMILES string of the molecule is CC#Cc1ccc(-c2ccc(C)c3c(C)nn(C)c23)c([C@@H](CC(=O)Cn2ccc(C)n2)Cc2cc(C)cc(F)c2)n1.[2HH]. The van der Waals surface area contributed by atoms with Crippen LogP contribution >= 0.6 is 0 Å². The molecule has 0 fully saturated rings. The summed E-state index contributed by atoms with van der Waals surface area (Å²) in [6, 6.07) is 15.1. The molecule has 5 aromatic rings. The molecule has 1 atom stereocenters. The van der Waals surface area contributed by atoms with Crippen molar-refractivity contribution in [3.63, 3.8) is 0 Å². The van der Waals surface area contributed by atoms with Crippen LogP contribution in [0.4, 0.5) is 4.39 Å². The third-order valence-electron chi connectivity index (χ3n) is 7.40. The van der Waals surface area contributed by atoms with E-state index < -0.39 is 0 Å². The third-order valence-corrected chi connectivity index (χ3v) is 7.40. The number of pyridine rings is 1. The second kappa shape index (κ2) is 11.5. The number of aryl methyl sites for hydroxylation is 5. The van der Waals surface area contributed by atoms with Gasteiger partial charge in [-0.15, -0.1) is 0 Å². The summed E-state index contributed by atoms with van der Waals surface area (Å²) in [5, 5.41) is 10.2. The highest BCUT2D eigenvalue weighted by Gasteiger charge is 2.25. The number of carbonyl (C=O) groups excluding carboxylic acids is 1. The molecule has 0 saturated carbocycles. The Morgan fingerprint density at radius 3 is 2.51 bits per heavy atom. The Balaban J connectivity index is 0.00000405. The maximum Gasteiger partial charge on any atom is 0.154 e. The first kappa shape index (κ1) is 28.0. The lowest BCUT2D eigenvalue weighted by Gasteiger charge is -2.21. The van der Waals surface area contributed by atoms with E-state index in [1.807, 2.05) is 63.0 Å². The minimum absolute atomic E-state index is 0. The quantitative estimate of drug-likeness (QED) is 0.199. The number of Topliss-reactive ketones (excluding diaryl/α,β-unsaturated/α-hetero) is 1. The summed E-state index contributed by atoms with van der Waals surface area (Å²) < 4.78 is 18.1. The van der Waals surface area contributed by atoms with Crippen molar-refractivity contribution in [2.45, 2.75) is 59.9 Å². The van der Waals surface area contributed by atoms with Crippen LogP contribution in [0.2, 0.25) is 0 Å². The highest BCUT2D eigenvalue weighted by Crippen LogP contribution is 2.38. The van der Waals surface area contributed by atoms with Crippen LogP contribution in [0.5, 0.6) is 0 Å². The first-order valence-corrected chi connectivity index (χ1v) is 13.8. The number of rotatable bonds is 8. The van der Waals surface area contributed by atoms with Gasteiger partial charge in [0.25, 0.3) is 0 Å². The fourth-order valence-corrected chi connectivity index (χ4v) is 5.79. The van der Waals surface area contributed by atoms with Gasteiger partial charge >= 0.3 is 0 Å². The molecule has 41 heavy (non-hydrogen) atoms. The molecule has 0 amide bonds. The fourth-order valence-electron chi connectivity index (χ4n) is 5.79. The van der Waals surface area contributed by atoms with Gasteiger partial charge in [0.2, 0.25) is 0 Å². The van der Waals surface area contributed by atoms with Gasteiger partial charge in [-0.2, -0.15) is 10.2 Å². The molecular weight excluding hydrogens is 513 g/mol. The van der Waals surface area contributed by atoms with Crippen LogP contribution in [0.1, 0.15) is 60.2 Å². The van der Waals surface area contributed by atoms with Crippen molar-refractivity contribution in [3.8, 4) is 23.0 Å². The van der Waals surface area contributed by atoms with Crippen molar-refractivity contribution in [3.05, 3.63) is 100 Å². The molecule has 0 aliphatic rings. The van der Waals surface area contributed by atoms with Crippen LogP contribution in [-0.2, 0) is 24.8 Å². The molecule has 3 aromatic heterocycles. The molecule has 0 N–H and O–H groups in total. The molecule has 210 valence electrons. The standard InChI is InChI=1S/C34H34FN5O.H2/c1-7-8-28-10-12-30(31-11-9-22(3)32-24(5)38-39(6)34(31)32)33(36-28)26(17-25-15-21(2)16-27(35)18-25)19-29(41)20-40-14-13-23(4)37-40;/h9-16,18,26H,17,19-20H2,1-6H3;1H/t26-;/m1./s1/i;1+1. The van der Waals surface area contributed by atoms with Gasteiger partial charge in [0.05, 0.1) is 29.1 Å². The number of hydrogen-bond acceptors (Lipinski definition) is 4. The minimum atomic E-state index is -0.320. The van der Waals surface area contributed by atoms with E-state index in [9.17, 15) is 9.18 Å². The predicted molar refractivity (Wildman–Crippen MR) is 162 cm³/mol. The van der Waals surface area contributed by atoms with Gasteiger partial charge in [0.1, 0.15) is 11.5 Å². The Morgan fingerprint density at radius 2 is 1.80 bits per heavy atom. The number of nitrogens with zero attached hydrogens (tertiary/aromatic N) is 5. The molecule has 0 radical (unpaired) electrons. The van der Waals surface area contributed by atoms with Crippen LogP contribution in [0, 0.1) is 45.4 Å². The number of fused-ring (bicyclic) bond motifs is 1. The van der Waals surface area contributed by atoms with Crippen LogP contribution in [0.3, 0.4) is 0 Å². The van der Waals surface area contributed by atoms with Crippen LogP contribution < -0.4 is 0 Å². The molecule has 5 rings (SSSR count). The number of aromatic nitrogens is 5. The Labute approximate surface area is 241 Å². The Hall–Kier alpha value is -4.57. The van der Waals surface area contributed by atoms with Gasteiger partial charge in [-0.25, -0.2) is 9.37 Å². The Kier molecular flexibility index (Phi) is 7.85. The van der Waals surface area contributed by atoms with E-state index >= 15 is 0 Å². The maximum absolute atomic E-state index is 14.5. The van der Waals surface area contributed by atoms with E-state index in [1.54, 1.807) is 17.7 Å². The predicted octanol–water partition coefficient (Wildman–Crippen LogP) is 6.81. The average molecular weight is 551 g/mol. The molecule has 7 heteroatoms. The molecule has 0 unspecified atom stereocenters. The van der Waals surface area contributed by atoms with Gasteiger partial charge < -0.3 is 0 Å². The molecule has 2 aromatic carbocycles. The Bertz CT molecular complexity index is 1820. The van der Waals surface area contributed by atoms with Crippen molar-refractivity contribution in [2.24, 2.45) is 7.05 Å². The van der Waals surface area contributed by atoms with Crippen LogP contribution in [0.15, 0.2) is 54.7 Å². The molecule has 6 nitrogen and oxygen atoms in total. The first-order valence-electron chi connectivity index (χ1n) is 13.8. The Morgan fingerprint density at radius 1 is 1.02 bits per heavy atom. The second-order valence-corrected chi connectivity index (χ2v) is 10.8. The number of hydrogen-bond donors (Lipinski definition) is 0. The van der Waals surface area contributed by atoms with E-state index in [2.05, 4.69) is 36.0 Å². The topological polar surface area (TPSA) is 65.6 Å². The van der Waals surface area contributed by atoms with Gasteiger partial charge in [0.15, 0.2) is 5.78 Å². The van der Waals surface area contributed by atoms with Crippen molar-refractivity contribution in [1.29, 1.82) is 0 Å². The molecule has 0 aliphatic carbocycles. The van der Waals surface area contributed by atoms with Crippen molar-refractivity contribution < 1.29 is 10.6 Å². The summed E-state index contributed by atoms with van der Waals surface area (Å²) in [6.45, 7) is 9.82. The van der Waals surface area contributed by atoms with E-state index in [1.165, 1.54) is 6.07 Å². The van der Waals surface area contributed by atoms with Crippen LogP contribution in [-0.4, -0.2) is 30.3 Å². The summed E-state index contributed by atoms with van der Waals surface area (Å²) >= 11 is 0. The lowest BCUT2D eigenvalue weighted by atomic mass is 9.85. The van der Waals surface area contributed by atoms with E-state index in [-0.39, 0.29) is 31.9 Å². The second-order valence-electron chi connectivity index (χ2n) is 10.8. The van der Waals surface area contributed by atoms with Crippen molar-refractivity contribution in [1.82, 2.24) is 24.5 Å². The summed E-state index contributed by atoms with van der Waals surface area (Å²) in [4.78, 5) is 18.5. The zero-order chi connectivity index (χ0) is 29.3. The first-order chi connectivity index (χ1) is 19.6. The molecule has 0 bridgehead atoms. The maximum atomic E-state index is 14.5. The molecular formula is C34H36FN5O. The van der Waals surface area contributed by atoms with Crippen LogP contribution in [0.25, 0.3) is 22.0 Å². The molecule has 3 heterocycles. The number of carbonyl (C=O) groups is 1. The highest BCUT2D eigenvalue weighted by molar-refractivity contribution is 5.98. The monoisotopic (exact) mass is 550 g/mol. The smallest absolute Gasteiger partial charge is 0.154 e. The zero-order valence-corrected chi connectivity index (χ0v) is 24.4. The summed E-state index contributed by atoms with van der Waals surface area (Å²) in [7, 11) is 1.95. The van der Waals surface area contributed by atoms with Gasteiger partial charge in [0, 0.05) is 43.5 Å². The van der Waals surface area contributed by atoms with Crippen molar-refractivity contribution in [2.75, 3.05) is 0 Å². The average Bonchev–Trinajstić information content (AvgIpc) is 3.45. The number of benzene rings is 2. The summed E-state index contributed by atoms with van der Waals surface area (Å²) in [5.41, 5.74) is 8.93. The van der Waals surface area contributed by atoms with E-state index in [0.717, 1.165) is 55.8 Å². The third kappa shape index (κ3) is 5.97. The largest absolute Gasteiger partial charge is 0.298 e. The lowest BCUT2D eigenvalue weighted by Crippen LogP contribution is -2.18. The molecule has 0 aliphatic heterocycles. The minimum Gasteiger partial charge on any atom is -0.298 e. The number of halogens is 1. The zero-order valence-electron chi connectivity index (χ0n) is 24.4. The fraction of sp³-hybridized carbons (Fsp3) is 0.294. The van der Waals surface area contributed by atoms with Gasteiger partial charge in [-0.05, 0) is 94.0 Å². The van der Waals surface area contributed by atoms with E-state index in [0.29, 0.717) is 12.1 Å². The van der Waals surface area contributed by atoms with Crippen molar-refractivity contribution >= 4 is 16.7 Å². The normalized spacial score (nSPS) is 11.9. The lowest BCUT2D eigenvalue weighted by molar-refractivity contribution is -0.120. The van der Waals surface area contributed by atoms with Gasteiger partial charge in [-0.3, -0.25) is 14.2 Å². The highest BCUT2D eigenvalue weighted by atomic mass is 19.1. The van der Waals surface area contributed by atoms with Gasteiger partial charge in [-0.1, -0.05) is 24.1 Å². The summed E-state index contributed by atoms with van der Waals surface area (Å²) in [5.74, 6) is 5.44. The molecule has 0 spiro atoms. The number of ketones is 1.